The summed E-state index contributed by atoms with van der Waals surface area (Å²) in [7, 11) is 0. The van der Waals surface area contributed by atoms with Crippen molar-refractivity contribution in [3.63, 3.8) is 0 Å². The zero-order chi connectivity index (χ0) is 29.8. The average molecular weight is 584 g/mol. The van der Waals surface area contributed by atoms with Crippen molar-refractivity contribution in [3.8, 4) is 17.0 Å². The van der Waals surface area contributed by atoms with Crippen LogP contribution in [0.5, 0.6) is 5.75 Å². The van der Waals surface area contributed by atoms with Gasteiger partial charge in [0.15, 0.2) is 12.4 Å². The highest BCUT2D eigenvalue weighted by molar-refractivity contribution is 7.10. The predicted molar refractivity (Wildman–Crippen MR) is 169 cm³/mol. The van der Waals surface area contributed by atoms with Gasteiger partial charge in [0.25, 0.3) is 5.91 Å². The maximum atomic E-state index is 12.7. The van der Waals surface area contributed by atoms with E-state index in [2.05, 4.69) is 81.1 Å². The van der Waals surface area contributed by atoms with E-state index in [1.807, 2.05) is 5.38 Å². The number of carboxylic acid groups (broad SMARTS) is 1. The number of benzene rings is 3. The summed E-state index contributed by atoms with van der Waals surface area (Å²) < 4.78 is 5.48. The monoisotopic (exact) mass is 583 g/mol. The van der Waals surface area contributed by atoms with Crippen LogP contribution in [0.1, 0.15) is 72.9 Å². The molecule has 1 aliphatic heterocycles. The standard InChI is InChI=1S/C34H37N3O4S/c1-5-24(6-2)25-14-16-27(17-15-25)36(22(3)4)18-23-10-12-26(13-11-23)29-21-42-31(35-29)19-37-30-9-7-8-28(34(39)40)33(30)41-20-32(37)38/h7-17,21-22,24H,5-6,18-20H2,1-4H3,(H,39,40). The lowest BCUT2D eigenvalue weighted by atomic mass is 9.94. The number of fused-ring (bicyclic) bond motifs is 1. The average Bonchev–Trinajstić information content (AvgIpc) is 3.47. The summed E-state index contributed by atoms with van der Waals surface area (Å²) in [5.41, 5.74) is 6.20. The van der Waals surface area contributed by atoms with Crippen molar-refractivity contribution in [2.45, 2.75) is 65.6 Å². The number of hydrogen-bond donors (Lipinski definition) is 1. The van der Waals surface area contributed by atoms with Crippen LogP contribution in [0.4, 0.5) is 11.4 Å². The summed E-state index contributed by atoms with van der Waals surface area (Å²) in [4.78, 5) is 33.1. The Labute approximate surface area is 251 Å². The first-order chi connectivity index (χ1) is 20.3. The Balaban J connectivity index is 1.29. The lowest BCUT2D eigenvalue weighted by Gasteiger charge is -2.30. The first kappa shape index (κ1) is 29.3. The van der Waals surface area contributed by atoms with Crippen LogP contribution in [0.3, 0.4) is 0 Å². The molecule has 0 atom stereocenters. The molecule has 0 saturated heterocycles. The molecule has 5 rings (SSSR count). The van der Waals surface area contributed by atoms with Gasteiger partial charge in [0, 0.05) is 29.2 Å². The van der Waals surface area contributed by atoms with E-state index in [0.29, 0.717) is 17.6 Å². The summed E-state index contributed by atoms with van der Waals surface area (Å²) in [5, 5.41) is 12.3. The fourth-order valence-electron chi connectivity index (χ4n) is 5.48. The molecule has 1 N–H and O–H groups in total. The van der Waals surface area contributed by atoms with E-state index < -0.39 is 5.97 Å². The van der Waals surface area contributed by atoms with Gasteiger partial charge in [0.1, 0.15) is 10.6 Å². The summed E-state index contributed by atoms with van der Waals surface area (Å²) >= 11 is 1.48. The molecule has 8 heteroatoms. The topological polar surface area (TPSA) is 83.0 Å². The Kier molecular flexibility index (Phi) is 8.92. The summed E-state index contributed by atoms with van der Waals surface area (Å²) in [6.07, 6.45) is 2.31. The molecular formula is C34H37N3O4S. The van der Waals surface area contributed by atoms with E-state index in [9.17, 15) is 14.7 Å². The van der Waals surface area contributed by atoms with Crippen LogP contribution < -0.4 is 14.5 Å². The van der Waals surface area contributed by atoms with Crippen molar-refractivity contribution >= 4 is 34.6 Å². The molecule has 218 valence electrons. The molecule has 42 heavy (non-hydrogen) atoms. The zero-order valence-electron chi connectivity index (χ0n) is 24.5. The van der Waals surface area contributed by atoms with E-state index in [-0.39, 0.29) is 30.4 Å². The Morgan fingerprint density at radius 1 is 1.05 bits per heavy atom. The fraction of sp³-hybridized carbons (Fsp3) is 0.324. The normalized spacial score (nSPS) is 12.9. The number of carbonyl (C=O) groups excluding carboxylic acids is 1. The smallest absolute Gasteiger partial charge is 0.339 e. The number of carboxylic acids is 1. The van der Waals surface area contributed by atoms with Crippen LogP contribution in [0, 0.1) is 0 Å². The molecule has 1 aliphatic rings. The molecule has 0 spiro atoms. The third-order valence-corrected chi connectivity index (χ3v) is 8.74. The minimum absolute atomic E-state index is 0.0413. The molecule has 3 aromatic carbocycles. The highest BCUT2D eigenvalue weighted by Crippen LogP contribution is 2.37. The number of aromatic nitrogens is 1. The number of thiazole rings is 1. The highest BCUT2D eigenvalue weighted by atomic mass is 32.1. The minimum Gasteiger partial charge on any atom is -0.481 e. The molecule has 0 fully saturated rings. The van der Waals surface area contributed by atoms with Gasteiger partial charge in [-0.15, -0.1) is 11.3 Å². The minimum atomic E-state index is -1.09. The van der Waals surface area contributed by atoms with E-state index >= 15 is 0 Å². The van der Waals surface area contributed by atoms with Gasteiger partial charge in [-0.25, -0.2) is 9.78 Å². The number of para-hydroxylation sites is 1. The summed E-state index contributed by atoms with van der Waals surface area (Å²) in [6.45, 7) is 9.80. The lowest BCUT2D eigenvalue weighted by molar-refractivity contribution is -0.121. The van der Waals surface area contributed by atoms with Crippen LogP contribution in [-0.4, -0.2) is 34.6 Å². The number of aromatic carboxylic acids is 1. The molecule has 0 unspecified atom stereocenters. The maximum absolute atomic E-state index is 12.7. The van der Waals surface area contributed by atoms with Crippen LogP contribution in [-0.2, 0) is 17.9 Å². The number of rotatable bonds is 11. The second-order valence-electron chi connectivity index (χ2n) is 10.9. The van der Waals surface area contributed by atoms with Gasteiger partial charge in [-0.2, -0.15) is 0 Å². The molecule has 0 saturated carbocycles. The van der Waals surface area contributed by atoms with Crippen LogP contribution >= 0.6 is 11.3 Å². The van der Waals surface area contributed by atoms with E-state index in [4.69, 9.17) is 9.72 Å². The van der Waals surface area contributed by atoms with Crippen molar-refractivity contribution in [2.75, 3.05) is 16.4 Å². The first-order valence-corrected chi connectivity index (χ1v) is 15.4. The van der Waals surface area contributed by atoms with Crippen molar-refractivity contribution in [3.05, 3.63) is 93.8 Å². The molecule has 0 bridgehead atoms. The van der Waals surface area contributed by atoms with Crippen LogP contribution in [0.2, 0.25) is 0 Å². The van der Waals surface area contributed by atoms with Crippen molar-refractivity contribution in [2.24, 2.45) is 0 Å². The molecule has 2 heterocycles. The summed E-state index contributed by atoms with van der Waals surface area (Å²) in [6, 6.07) is 22.7. The van der Waals surface area contributed by atoms with Crippen molar-refractivity contribution in [1.29, 1.82) is 0 Å². The van der Waals surface area contributed by atoms with Crippen molar-refractivity contribution in [1.82, 2.24) is 4.98 Å². The van der Waals surface area contributed by atoms with Gasteiger partial charge < -0.3 is 14.7 Å². The predicted octanol–water partition coefficient (Wildman–Crippen LogP) is 7.75. The zero-order valence-corrected chi connectivity index (χ0v) is 25.4. The number of hydrogen-bond acceptors (Lipinski definition) is 6. The van der Waals surface area contributed by atoms with Gasteiger partial charge in [-0.3, -0.25) is 9.69 Å². The summed E-state index contributed by atoms with van der Waals surface area (Å²) in [5.74, 6) is -0.492. The van der Waals surface area contributed by atoms with E-state index in [0.717, 1.165) is 35.7 Å². The molecule has 1 aromatic heterocycles. The Bertz CT molecular complexity index is 1540. The number of amides is 1. The second-order valence-corrected chi connectivity index (χ2v) is 11.8. The first-order valence-electron chi connectivity index (χ1n) is 14.5. The maximum Gasteiger partial charge on any atom is 0.339 e. The SMILES string of the molecule is CCC(CC)c1ccc(N(Cc2ccc(-c3csc(CN4C(=O)COc5c(C(=O)O)cccc54)n3)cc2)C(C)C)cc1. The molecule has 7 nitrogen and oxygen atoms in total. The van der Waals surface area contributed by atoms with Gasteiger partial charge in [-0.05, 0) is 68.0 Å². The number of ether oxygens (including phenoxy) is 1. The van der Waals surface area contributed by atoms with Gasteiger partial charge >= 0.3 is 5.97 Å². The van der Waals surface area contributed by atoms with E-state index in [1.165, 1.54) is 34.2 Å². The quantitative estimate of drug-likeness (QED) is 0.194. The molecule has 4 aromatic rings. The number of anilines is 2. The molecular weight excluding hydrogens is 546 g/mol. The Hall–Kier alpha value is -4.17. The van der Waals surface area contributed by atoms with Crippen molar-refractivity contribution < 1.29 is 19.4 Å². The van der Waals surface area contributed by atoms with E-state index in [1.54, 1.807) is 17.0 Å². The molecule has 1 amide bonds. The number of carbonyl (C=O) groups is 2. The second kappa shape index (κ2) is 12.8. The van der Waals surface area contributed by atoms with Crippen LogP contribution in [0.25, 0.3) is 11.3 Å². The molecule has 0 aliphatic carbocycles. The highest BCUT2D eigenvalue weighted by Gasteiger charge is 2.30. The lowest BCUT2D eigenvalue weighted by Crippen LogP contribution is -2.38. The number of nitrogens with zero attached hydrogens (tertiary/aromatic N) is 3. The largest absolute Gasteiger partial charge is 0.481 e. The van der Waals surface area contributed by atoms with Gasteiger partial charge in [0.05, 0.1) is 17.9 Å². The third-order valence-electron chi connectivity index (χ3n) is 7.91. The Morgan fingerprint density at radius 2 is 1.76 bits per heavy atom. The Morgan fingerprint density at radius 3 is 2.40 bits per heavy atom. The molecule has 0 radical (unpaired) electrons. The van der Waals surface area contributed by atoms with Crippen LogP contribution in [0.15, 0.2) is 72.1 Å². The van der Waals surface area contributed by atoms with Gasteiger partial charge in [-0.1, -0.05) is 56.3 Å². The van der Waals surface area contributed by atoms with Gasteiger partial charge in [0.2, 0.25) is 0 Å². The third kappa shape index (κ3) is 6.19. The fourth-order valence-corrected chi connectivity index (χ4v) is 6.27.